The zero-order valence-electron chi connectivity index (χ0n) is 35.8. The second kappa shape index (κ2) is 41.8. The molecule has 11 heteroatoms. The predicted molar refractivity (Wildman–Crippen MR) is 233 cm³/mol. The Morgan fingerprint density at radius 3 is 1.46 bits per heavy atom. The monoisotopic (exact) mass is 825 g/mol. The van der Waals surface area contributed by atoms with Gasteiger partial charge in [-0.15, -0.1) is 0 Å². The fourth-order valence-corrected chi connectivity index (χ4v) is 6.47. The van der Waals surface area contributed by atoms with Gasteiger partial charge in [0, 0.05) is 12.8 Å². The highest BCUT2D eigenvalue weighted by Gasteiger charge is 2.27. The Balaban J connectivity index is 4.38. The second-order valence-corrected chi connectivity index (χ2v) is 16.2. The van der Waals surface area contributed by atoms with Crippen LogP contribution in [-0.4, -0.2) is 65.7 Å². The molecule has 0 rings (SSSR count). The van der Waals surface area contributed by atoms with Gasteiger partial charge < -0.3 is 24.6 Å². The second-order valence-electron chi connectivity index (χ2n) is 14.7. The molecule has 0 aliphatic rings. The van der Waals surface area contributed by atoms with Crippen molar-refractivity contribution in [3.05, 3.63) is 60.8 Å². The quantitative estimate of drug-likeness (QED) is 0.0235. The zero-order chi connectivity index (χ0) is 41.9. The van der Waals surface area contributed by atoms with Crippen LogP contribution in [0, 0.1) is 0 Å². The number of hydrogen-bond donors (Lipinski definition) is 3. The van der Waals surface area contributed by atoms with Crippen LogP contribution in [0.5, 0.6) is 0 Å². The highest BCUT2D eigenvalue weighted by molar-refractivity contribution is 7.47. The number of unbranched alkanes of at least 4 members (excludes halogenated alkanes) is 17. The van der Waals surface area contributed by atoms with Crippen molar-refractivity contribution in [2.24, 2.45) is 0 Å². The van der Waals surface area contributed by atoms with Crippen LogP contribution in [0.3, 0.4) is 0 Å². The molecular weight excluding hydrogens is 743 g/mol. The Morgan fingerprint density at radius 1 is 0.526 bits per heavy atom. The third-order valence-electron chi connectivity index (χ3n) is 9.14. The minimum atomic E-state index is -4.63. The first-order valence-corrected chi connectivity index (χ1v) is 23.7. The first kappa shape index (κ1) is 54.7. The molecule has 0 bridgehead atoms. The van der Waals surface area contributed by atoms with Gasteiger partial charge in [0.05, 0.1) is 19.8 Å². The number of phosphoric ester groups is 1. The van der Waals surface area contributed by atoms with Gasteiger partial charge in [0.2, 0.25) is 0 Å². The first-order chi connectivity index (χ1) is 27.7. The summed E-state index contributed by atoms with van der Waals surface area (Å²) in [7, 11) is -4.63. The van der Waals surface area contributed by atoms with Crippen LogP contribution in [0.2, 0.25) is 0 Å². The molecule has 0 heterocycles. The minimum Gasteiger partial charge on any atom is -0.462 e. The van der Waals surface area contributed by atoms with Crippen LogP contribution in [-0.2, 0) is 32.7 Å². The number of carbonyl (C=O) groups excluding carboxylic acids is 2. The highest BCUT2D eigenvalue weighted by Crippen LogP contribution is 2.43. The van der Waals surface area contributed by atoms with Gasteiger partial charge in [-0.25, -0.2) is 4.57 Å². The summed E-state index contributed by atoms with van der Waals surface area (Å²) in [6.07, 6.45) is 46.2. The smallest absolute Gasteiger partial charge is 0.462 e. The predicted octanol–water partition coefficient (Wildman–Crippen LogP) is 11.9. The fraction of sp³-hybridized carbons (Fsp3) is 0.739. The zero-order valence-corrected chi connectivity index (χ0v) is 36.7. The number of ether oxygens (including phenoxy) is 2. The van der Waals surface area contributed by atoms with E-state index in [0.29, 0.717) is 12.8 Å². The van der Waals surface area contributed by atoms with E-state index in [4.69, 9.17) is 19.1 Å². The molecule has 1 unspecified atom stereocenters. The van der Waals surface area contributed by atoms with E-state index < -0.39 is 51.8 Å². The molecule has 0 aromatic carbocycles. The highest BCUT2D eigenvalue weighted by atomic mass is 31.2. The Labute approximate surface area is 346 Å². The molecular formula is C46H81O10P. The number of aliphatic hydroxyl groups excluding tert-OH is 2. The molecule has 3 N–H and O–H groups in total. The standard InChI is InChI=1S/C46H81O10P/c1-3-5-7-9-11-13-15-17-19-20-21-22-24-25-27-29-31-33-35-37-45(49)53-41-44(42-55-57(51,52)54-40-43(48)39-47)56-46(50)38-36-34-32-30-28-26-23-18-16-14-12-10-8-6-4-2/h11,13,17,19,21-22,25,27-28,30,43-44,47-48H,3-10,12,14-16,18,20,23-24,26,29,31-42H2,1-2H3,(H,51,52)/b13-11+,19-17+,22-21+,27-25+,30-28+/t43-,44+/m0/s1. The summed E-state index contributed by atoms with van der Waals surface area (Å²) in [5.74, 6) is -0.989. The van der Waals surface area contributed by atoms with Crippen molar-refractivity contribution in [3.63, 3.8) is 0 Å². The van der Waals surface area contributed by atoms with Crippen LogP contribution in [0.1, 0.15) is 181 Å². The normalized spacial score (nSPS) is 14.4. The van der Waals surface area contributed by atoms with E-state index in [-0.39, 0.29) is 19.4 Å². The van der Waals surface area contributed by atoms with Crippen LogP contribution >= 0.6 is 7.82 Å². The lowest BCUT2D eigenvalue weighted by Gasteiger charge is -2.20. The molecule has 0 fully saturated rings. The summed E-state index contributed by atoms with van der Waals surface area (Å²) in [6.45, 7) is 2.29. The Hall–Kier alpha value is -2.33. The summed E-state index contributed by atoms with van der Waals surface area (Å²) < 4.78 is 32.7. The maximum Gasteiger partial charge on any atom is 0.472 e. The van der Waals surface area contributed by atoms with Crippen LogP contribution in [0.25, 0.3) is 0 Å². The molecule has 0 saturated carbocycles. The van der Waals surface area contributed by atoms with Gasteiger partial charge in [-0.1, -0.05) is 145 Å². The van der Waals surface area contributed by atoms with E-state index in [1.807, 2.05) is 0 Å². The average Bonchev–Trinajstić information content (AvgIpc) is 3.20. The minimum absolute atomic E-state index is 0.145. The van der Waals surface area contributed by atoms with Crippen molar-refractivity contribution in [1.29, 1.82) is 0 Å². The first-order valence-electron chi connectivity index (χ1n) is 22.2. The number of allylic oxidation sites excluding steroid dienone is 10. The Morgan fingerprint density at radius 2 is 0.912 bits per heavy atom. The van der Waals surface area contributed by atoms with E-state index in [2.05, 4.69) is 79.1 Å². The lowest BCUT2D eigenvalue weighted by molar-refractivity contribution is -0.161. The van der Waals surface area contributed by atoms with E-state index in [1.165, 1.54) is 83.5 Å². The number of rotatable bonds is 41. The molecule has 330 valence electrons. The Bertz CT molecular complexity index is 1130. The molecule has 57 heavy (non-hydrogen) atoms. The average molecular weight is 825 g/mol. The van der Waals surface area contributed by atoms with Crippen LogP contribution in [0.15, 0.2) is 60.8 Å². The van der Waals surface area contributed by atoms with E-state index >= 15 is 0 Å². The molecule has 0 amide bonds. The number of esters is 2. The van der Waals surface area contributed by atoms with Gasteiger partial charge >= 0.3 is 19.8 Å². The number of aliphatic hydroxyl groups is 2. The summed E-state index contributed by atoms with van der Waals surface area (Å²) in [6, 6.07) is 0. The molecule has 0 aromatic heterocycles. The van der Waals surface area contributed by atoms with Crippen molar-refractivity contribution in [3.8, 4) is 0 Å². The number of carbonyl (C=O) groups is 2. The van der Waals surface area contributed by atoms with Gasteiger partial charge in [-0.2, -0.15) is 0 Å². The third-order valence-corrected chi connectivity index (χ3v) is 10.1. The summed E-state index contributed by atoms with van der Waals surface area (Å²) >= 11 is 0. The maximum absolute atomic E-state index is 12.6. The lowest BCUT2D eigenvalue weighted by Crippen LogP contribution is -2.29. The van der Waals surface area contributed by atoms with Gasteiger partial charge in [0.1, 0.15) is 12.7 Å². The largest absolute Gasteiger partial charge is 0.472 e. The summed E-state index contributed by atoms with van der Waals surface area (Å²) in [4.78, 5) is 35.0. The molecule has 0 aliphatic carbocycles. The van der Waals surface area contributed by atoms with E-state index in [9.17, 15) is 24.2 Å². The van der Waals surface area contributed by atoms with Crippen molar-refractivity contribution in [2.45, 2.75) is 193 Å². The van der Waals surface area contributed by atoms with Gasteiger partial charge in [0.15, 0.2) is 6.10 Å². The van der Waals surface area contributed by atoms with E-state index in [0.717, 1.165) is 57.8 Å². The topological polar surface area (TPSA) is 149 Å². The molecule has 10 nitrogen and oxygen atoms in total. The summed E-state index contributed by atoms with van der Waals surface area (Å²) in [5, 5.41) is 18.3. The number of hydrogen-bond acceptors (Lipinski definition) is 9. The molecule has 3 atom stereocenters. The molecule has 0 saturated heterocycles. The Kier molecular flexibility index (Phi) is 40.1. The van der Waals surface area contributed by atoms with Crippen LogP contribution < -0.4 is 0 Å². The fourth-order valence-electron chi connectivity index (χ4n) is 5.68. The molecule has 0 spiro atoms. The molecule has 0 radical (unpaired) electrons. The SMILES string of the molecule is CCCCC/C=C/C/C=C/C/C=C/C/C=C/CCCCCC(=O)OC[C@H](COP(=O)(O)OC[C@@H](O)CO)OC(=O)CCCC/C=C/CCCCCCCCCCC. The molecule has 0 aromatic rings. The third kappa shape index (κ3) is 41.6. The molecule has 0 aliphatic heterocycles. The van der Waals surface area contributed by atoms with Gasteiger partial charge in [-0.3, -0.25) is 18.6 Å². The van der Waals surface area contributed by atoms with Crippen molar-refractivity contribution in [1.82, 2.24) is 0 Å². The van der Waals surface area contributed by atoms with E-state index in [1.54, 1.807) is 0 Å². The maximum atomic E-state index is 12.6. The van der Waals surface area contributed by atoms with Gasteiger partial charge in [0.25, 0.3) is 0 Å². The van der Waals surface area contributed by atoms with Crippen LogP contribution in [0.4, 0.5) is 0 Å². The number of phosphoric acid groups is 1. The van der Waals surface area contributed by atoms with Crippen molar-refractivity contribution >= 4 is 19.8 Å². The van der Waals surface area contributed by atoms with Gasteiger partial charge in [-0.05, 0) is 83.5 Å². The lowest BCUT2D eigenvalue weighted by atomic mass is 10.1. The van der Waals surface area contributed by atoms with Crippen molar-refractivity contribution in [2.75, 3.05) is 26.4 Å². The summed E-state index contributed by atoms with van der Waals surface area (Å²) in [5.41, 5.74) is 0. The van der Waals surface area contributed by atoms with Crippen molar-refractivity contribution < 1.29 is 47.8 Å².